The molecule has 1 saturated heterocycles. The van der Waals surface area contributed by atoms with E-state index in [1.54, 1.807) is 20.8 Å². The van der Waals surface area contributed by atoms with Gasteiger partial charge < -0.3 is 19.7 Å². The highest BCUT2D eigenvalue weighted by molar-refractivity contribution is 5.69. The van der Waals surface area contributed by atoms with E-state index in [1.165, 1.54) is 24.3 Å². The minimum atomic E-state index is -0.911. The summed E-state index contributed by atoms with van der Waals surface area (Å²) in [7, 11) is 0. The molecule has 3 heterocycles. The van der Waals surface area contributed by atoms with Crippen molar-refractivity contribution in [2.75, 3.05) is 18.0 Å². The number of hydrogen-bond acceptors (Lipinski definition) is 7. The summed E-state index contributed by atoms with van der Waals surface area (Å²) >= 11 is 0. The Bertz CT molecular complexity index is 1770. The summed E-state index contributed by atoms with van der Waals surface area (Å²) in [6, 6.07) is 8.21. The van der Waals surface area contributed by atoms with Crippen LogP contribution in [0, 0.1) is 29.2 Å². The number of anilines is 1. The van der Waals surface area contributed by atoms with Crippen molar-refractivity contribution in [3.63, 3.8) is 0 Å². The number of alkyl carbamates (subject to hydrolysis) is 1. The third kappa shape index (κ3) is 6.94. The summed E-state index contributed by atoms with van der Waals surface area (Å²) in [5.74, 6) is -3.51. The second kappa shape index (κ2) is 11.9. The Labute approximate surface area is 256 Å². The third-order valence-corrected chi connectivity index (χ3v) is 7.36. The van der Waals surface area contributed by atoms with Crippen molar-refractivity contribution in [2.45, 2.75) is 52.3 Å². The molecule has 1 N–H and O–H groups in total. The van der Waals surface area contributed by atoms with Crippen molar-refractivity contribution in [3.05, 3.63) is 94.3 Å². The van der Waals surface area contributed by atoms with Gasteiger partial charge in [-0.15, -0.1) is 0 Å². The van der Waals surface area contributed by atoms with Gasteiger partial charge >= 0.3 is 11.8 Å². The molecular weight excluding hydrogens is 596 g/mol. The Kier molecular flexibility index (Phi) is 8.34. The molecule has 1 fully saturated rings. The zero-order valence-electron chi connectivity index (χ0n) is 25.3. The van der Waals surface area contributed by atoms with Crippen molar-refractivity contribution in [2.24, 2.45) is 5.92 Å². The highest BCUT2D eigenvalue weighted by atomic mass is 19.1. The Morgan fingerprint density at radius 2 is 1.64 bits per heavy atom. The number of carbonyl (C=O) groups is 1. The van der Waals surface area contributed by atoms with Crippen LogP contribution in [0.2, 0.25) is 0 Å². The maximum absolute atomic E-state index is 15.1. The fourth-order valence-corrected chi connectivity index (χ4v) is 4.75. The average molecular weight is 629 g/mol. The van der Waals surface area contributed by atoms with E-state index < -0.39 is 52.7 Å². The fraction of sp³-hybridized carbons (Fsp3) is 0.355. The van der Waals surface area contributed by atoms with Gasteiger partial charge in [-0.3, -0.25) is 4.57 Å². The quantitative estimate of drug-likeness (QED) is 0.255. The summed E-state index contributed by atoms with van der Waals surface area (Å²) in [4.78, 5) is 31.1. The number of nitrogens with one attached hydrogen (secondary N) is 1. The zero-order chi connectivity index (χ0) is 32.7. The third-order valence-electron chi connectivity index (χ3n) is 7.36. The van der Waals surface area contributed by atoms with Crippen LogP contribution in [0.5, 0.6) is 11.5 Å². The first kappa shape index (κ1) is 31.5. The van der Waals surface area contributed by atoms with Crippen LogP contribution < -0.4 is 20.6 Å². The molecule has 238 valence electrons. The van der Waals surface area contributed by atoms with Crippen molar-refractivity contribution in [1.29, 1.82) is 0 Å². The lowest BCUT2D eigenvalue weighted by Gasteiger charge is -2.48. The van der Waals surface area contributed by atoms with Crippen LogP contribution in [-0.2, 0) is 11.3 Å². The lowest BCUT2D eigenvalue weighted by Crippen LogP contribution is -2.62. The number of amides is 1. The van der Waals surface area contributed by atoms with Crippen LogP contribution in [0.4, 0.5) is 28.2 Å². The highest BCUT2D eigenvalue weighted by Crippen LogP contribution is 2.35. The molecule has 0 saturated carbocycles. The SMILES string of the molecule is CC(C)(C)OC(=O)NC(C)(C)C1CN(c2cc(Oc3ccc(-n4ncn(Cc5c(F)cccc5F)c4=O)cc3F)c(F)cn2)C1. The summed E-state index contributed by atoms with van der Waals surface area (Å²) in [6.07, 6.45) is 1.53. The van der Waals surface area contributed by atoms with E-state index in [2.05, 4.69) is 15.4 Å². The van der Waals surface area contributed by atoms with Gasteiger partial charge in [-0.25, -0.2) is 32.1 Å². The molecule has 14 heteroatoms. The summed E-state index contributed by atoms with van der Waals surface area (Å²) in [6.45, 7) is 9.72. The fourth-order valence-electron chi connectivity index (χ4n) is 4.75. The van der Waals surface area contributed by atoms with Crippen molar-refractivity contribution >= 4 is 11.9 Å². The molecule has 45 heavy (non-hydrogen) atoms. The molecular formula is C31H32F4N6O4. The number of rotatable bonds is 8. The summed E-state index contributed by atoms with van der Waals surface area (Å²) in [5.41, 5.74) is -2.28. The predicted molar refractivity (Wildman–Crippen MR) is 157 cm³/mol. The Balaban J connectivity index is 1.26. The standard InChI is InChI=1S/C31H32F4N6O4/c1-30(2,3)45-28(42)38-31(4,5)18-14-39(15-18)27-12-26(24(35)13-36-27)44-25-10-9-19(11-23(25)34)41-29(43)40(17-37-41)16-20-21(32)7-6-8-22(20)33/h6-13,17-18H,14-16H2,1-5H3,(H,38,42). The largest absolute Gasteiger partial charge is 0.451 e. The molecule has 0 radical (unpaired) electrons. The minimum Gasteiger partial charge on any atom is -0.451 e. The zero-order valence-corrected chi connectivity index (χ0v) is 25.3. The number of carbonyl (C=O) groups excluding carboxylic acids is 1. The summed E-state index contributed by atoms with van der Waals surface area (Å²) < 4.78 is 70.6. The average Bonchev–Trinajstić information content (AvgIpc) is 3.26. The van der Waals surface area contributed by atoms with Crippen LogP contribution in [0.25, 0.3) is 5.69 Å². The number of pyridine rings is 1. The van der Waals surface area contributed by atoms with Crippen LogP contribution in [0.15, 0.2) is 59.8 Å². The smallest absolute Gasteiger partial charge is 0.408 e. The van der Waals surface area contributed by atoms with Crippen LogP contribution >= 0.6 is 0 Å². The summed E-state index contributed by atoms with van der Waals surface area (Å²) in [5, 5.41) is 6.81. The number of aromatic nitrogens is 4. The number of nitrogens with zero attached hydrogens (tertiary/aromatic N) is 5. The Morgan fingerprint density at radius 3 is 2.29 bits per heavy atom. The first-order valence-electron chi connectivity index (χ1n) is 14.1. The van der Waals surface area contributed by atoms with Gasteiger partial charge in [-0.1, -0.05) is 6.07 Å². The lowest BCUT2D eigenvalue weighted by atomic mass is 9.81. The normalized spacial score (nSPS) is 13.8. The van der Waals surface area contributed by atoms with Gasteiger partial charge in [0.05, 0.1) is 18.4 Å². The van der Waals surface area contributed by atoms with Crippen molar-refractivity contribution < 1.29 is 31.8 Å². The molecule has 5 rings (SSSR count). The molecule has 1 aliphatic rings. The van der Waals surface area contributed by atoms with Crippen LogP contribution in [0.3, 0.4) is 0 Å². The maximum atomic E-state index is 15.1. The number of halogens is 4. The van der Waals surface area contributed by atoms with Gasteiger partial charge in [0.1, 0.15) is 29.4 Å². The molecule has 0 unspecified atom stereocenters. The van der Waals surface area contributed by atoms with E-state index in [0.717, 1.165) is 40.0 Å². The molecule has 10 nitrogen and oxygen atoms in total. The van der Waals surface area contributed by atoms with Gasteiger partial charge in [0, 0.05) is 42.2 Å². The molecule has 1 amide bonds. The molecule has 1 aliphatic heterocycles. The van der Waals surface area contributed by atoms with Gasteiger partial charge in [0.2, 0.25) is 0 Å². The molecule has 2 aromatic heterocycles. The second-order valence-electron chi connectivity index (χ2n) is 12.3. The van der Waals surface area contributed by atoms with E-state index in [9.17, 15) is 22.8 Å². The molecule has 4 aromatic rings. The Morgan fingerprint density at radius 1 is 0.956 bits per heavy atom. The van der Waals surface area contributed by atoms with E-state index in [1.807, 2.05) is 18.7 Å². The second-order valence-corrected chi connectivity index (χ2v) is 12.3. The highest BCUT2D eigenvalue weighted by Gasteiger charge is 2.41. The number of benzene rings is 2. The van der Waals surface area contributed by atoms with Gasteiger partial charge in [0.25, 0.3) is 0 Å². The van der Waals surface area contributed by atoms with E-state index in [0.29, 0.717) is 18.9 Å². The Hall–Kier alpha value is -4.88. The number of hydrogen-bond donors (Lipinski definition) is 1. The molecule has 0 aliphatic carbocycles. The van der Waals surface area contributed by atoms with E-state index in [4.69, 9.17) is 9.47 Å². The van der Waals surface area contributed by atoms with E-state index in [-0.39, 0.29) is 28.7 Å². The molecule has 0 atom stereocenters. The van der Waals surface area contributed by atoms with Gasteiger partial charge in [-0.2, -0.15) is 9.78 Å². The monoisotopic (exact) mass is 628 g/mol. The minimum absolute atomic E-state index is 0.0164. The number of ether oxygens (including phenoxy) is 2. The molecule has 2 aromatic carbocycles. The van der Waals surface area contributed by atoms with Gasteiger partial charge in [-0.05, 0) is 58.9 Å². The topological polar surface area (TPSA) is 104 Å². The molecule has 0 spiro atoms. The lowest BCUT2D eigenvalue weighted by molar-refractivity contribution is 0.0422. The first-order valence-corrected chi connectivity index (χ1v) is 14.1. The predicted octanol–water partition coefficient (Wildman–Crippen LogP) is 5.57. The van der Waals surface area contributed by atoms with Gasteiger partial charge in [0.15, 0.2) is 23.1 Å². The first-order chi connectivity index (χ1) is 21.1. The van der Waals surface area contributed by atoms with Crippen LogP contribution in [-0.4, -0.2) is 49.7 Å². The van der Waals surface area contributed by atoms with Crippen LogP contribution in [0.1, 0.15) is 40.2 Å². The van der Waals surface area contributed by atoms with Crippen molar-refractivity contribution in [3.8, 4) is 17.2 Å². The molecule has 0 bridgehead atoms. The van der Waals surface area contributed by atoms with E-state index >= 15 is 4.39 Å². The maximum Gasteiger partial charge on any atom is 0.408 e. The van der Waals surface area contributed by atoms with Crippen molar-refractivity contribution in [1.82, 2.24) is 24.6 Å².